The van der Waals surface area contributed by atoms with E-state index in [1.54, 1.807) is 31.9 Å². The molecule has 18 heavy (non-hydrogen) atoms. The molecule has 1 atom stereocenters. The molecule has 0 bridgehead atoms. The molecular formula is C12H16N2O4. The van der Waals surface area contributed by atoms with Gasteiger partial charge < -0.3 is 10.0 Å². The molecule has 0 aliphatic carbocycles. The summed E-state index contributed by atoms with van der Waals surface area (Å²) in [7, 11) is 1.72. The smallest absolute Gasteiger partial charge is 0.308 e. The van der Waals surface area contributed by atoms with Gasteiger partial charge in [-0.3, -0.25) is 14.9 Å². The van der Waals surface area contributed by atoms with Crippen LogP contribution < -0.4 is 4.90 Å². The zero-order valence-electron chi connectivity index (χ0n) is 10.6. The quantitative estimate of drug-likeness (QED) is 0.640. The van der Waals surface area contributed by atoms with Crippen LogP contribution in [0.4, 0.5) is 11.4 Å². The lowest BCUT2D eigenvalue weighted by molar-refractivity contribution is -0.384. The van der Waals surface area contributed by atoms with Gasteiger partial charge in [-0.05, 0) is 18.6 Å². The van der Waals surface area contributed by atoms with Crippen molar-refractivity contribution in [3.8, 4) is 0 Å². The average Bonchev–Trinajstić information content (AvgIpc) is 2.27. The molecule has 1 aromatic carbocycles. The summed E-state index contributed by atoms with van der Waals surface area (Å²) in [6, 6.07) is 4.72. The number of aryl methyl sites for hydroxylation is 1. The largest absolute Gasteiger partial charge is 0.481 e. The number of hydrogen-bond donors (Lipinski definition) is 1. The monoisotopic (exact) mass is 252 g/mol. The average molecular weight is 252 g/mol. The number of rotatable bonds is 5. The van der Waals surface area contributed by atoms with E-state index in [1.807, 2.05) is 0 Å². The minimum absolute atomic E-state index is 0.0137. The van der Waals surface area contributed by atoms with Gasteiger partial charge in [-0.1, -0.05) is 6.92 Å². The fraction of sp³-hybridized carbons (Fsp3) is 0.417. The van der Waals surface area contributed by atoms with Crippen molar-refractivity contribution in [2.75, 3.05) is 18.5 Å². The summed E-state index contributed by atoms with van der Waals surface area (Å²) in [6.45, 7) is 3.67. The highest BCUT2D eigenvalue weighted by Crippen LogP contribution is 2.23. The zero-order chi connectivity index (χ0) is 13.9. The van der Waals surface area contributed by atoms with E-state index < -0.39 is 16.8 Å². The van der Waals surface area contributed by atoms with Crippen LogP contribution in [-0.2, 0) is 4.79 Å². The molecule has 0 radical (unpaired) electrons. The van der Waals surface area contributed by atoms with Gasteiger partial charge in [0.25, 0.3) is 5.69 Å². The van der Waals surface area contributed by atoms with Crippen molar-refractivity contribution in [3.05, 3.63) is 33.9 Å². The molecule has 0 saturated heterocycles. The first-order valence-electron chi connectivity index (χ1n) is 5.51. The number of non-ortho nitro benzene ring substituents is 1. The van der Waals surface area contributed by atoms with Crippen LogP contribution in [0, 0.1) is 23.0 Å². The van der Waals surface area contributed by atoms with Crippen LogP contribution in [0.25, 0.3) is 0 Å². The van der Waals surface area contributed by atoms with Crippen LogP contribution in [0.1, 0.15) is 12.5 Å². The molecule has 0 aliphatic heterocycles. The summed E-state index contributed by atoms with van der Waals surface area (Å²) in [4.78, 5) is 22.8. The highest BCUT2D eigenvalue weighted by molar-refractivity contribution is 5.70. The molecule has 1 N–H and O–H groups in total. The summed E-state index contributed by atoms with van der Waals surface area (Å²) in [5, 5.41) is 19.6. The number of nitrogens with zero attached hydrogens (tertiary/aromatic N) is 2. The molecule has 1 unspecified atom stereocenters. The Hall–Kier alpha value is -2.11. The lowest BCUT2D eigenvalue weighted by Gasteiger charge is -2.21. The Bertz CT molecular complexity index is 473. The second-order valence-electron chi connectivity index (χ2n) is 4.40. The third-order valence-electron chi connectivity index (χ3n) is 2.67. The van der Waals surface area contributed by atoms with Crippen LogP contribution in [0.5, 0.6) is 0 Å². The van der Waals surface area contributed by atoms with Gasteiger partial charge in [-0.2, -0.15) is 0 Å². The summed E-state index contributed by atoms with van der Waals surface area (Å²) >= 11 is 0. The second-order valence-corrected chi connectivity index (χ2v) is 4.40. The molecule has 6 heteroatoms. The molecule has 0 amide bonds. The van der Waals surface area contributed by atoms with Crippen LogP contribution in [0.3, 0.4) is 0 Å². The first-order chi connectivity index (χ1) is 8.31. The van der Waals surface area contributed by atoms with Crippen LogP contribution in [0.15, 0.2) is 18.2 Å². The molecular weight excluding hydrogens is 236 g/mol. The molecule has 0 saturated carbocycles. The third-order valence-corrected chi connectivity index (χ3v) is 2.67. The van der Waals surface area contributed by atoms with E-state index in [0.717, 1.165) is 5.56 Å². The number of carboxylic acids is 1. The number of aliphatic carboxylic acids is 1. The van der Waals surface area contributed by atoms with Crippen LogP contribution in [0.2, 0.25) is 0 Å². The van der Waals surface area contributed by atoms with Crippen molar-refractivity contribution in [2.24, 2.45) is 5.92 Å². The molecule has 0 fully saturated rings. The van der Waals surface area contributed by atoms with Crippen molar-refractivity contribution in [1.29, 1.82) is 0 Å². The maximum atomic E-state index is 10.8. The van der Waals surface area contributed by atoms with Crippen LogP contribution >= 0.6 is 0 Å². The van der Waals surface area contributed by atoms with Gasteiger partial charge >= 0.3 is 5.97 Å². The fourth-order valence-electron chi connectivity index (χ4n) is 1.66. The maximum absolute atomic E-state index is 10.8. The predicted octanol–water partition coefficient (Wildman–Crippen LogP) is 2.06. The highest BCUT2D eigenvalue weighted by Gasteiger charge is 2.16. The Morgan fingerprint density at radius 2 is 2.11 bits per heavy atom. The number of carboxylic acid groups (broad SMARTS) is 1. The SMILES string of the molecule is Cc1cc(N(C)CC(C)C(=O)O)cc([N+](=O)[O-])c1. The van der Waals surface area contributed by atoms with Crippen molar-refractivity contribution in [3.63, 3.8) is 0 Å². The molecule has 0 aromatic heterocycles. The van der Waals surface area contributed by atoms with Crippen molar-refractivity contribution >= 4 is 17.3 Å². The van der Waals surface area contributed by atoms with Crippen LogP contribution in [-0.4, -0.2) is 29.6 Å². The van der Waals surface area contributed by atoms with E-state index in [1.165, 1.54) is 12.1 Å². The minimum atomic E-state index is -0.885. The molecule has 98 valence electrons. The van der Waals surface area contributed by atoms with Gasteiger partial charge in [0.1, 0.15) is 0 Å². The van der Waals surface area contributed by atoms with E-state index >= 15 is 0 Å². The summed E-state index contributed by atoms with van der Waals surface area (Å²) in [5.41, 5.74) is 1.43. The summed E-state index contributed by atoms with van der Waals surface area (Å²) in [5.74, 6) is -1.42. The van der Waals surface area contributed by atoms with Gasteiger partial charge in [-0.15, -0.1) is 0 Å². The van der Waals surface area contributed by atoms with Gasteiger partial charge in [0.05, 0.1) is 10.8 Å². The second kappa shape index (κ2) is 5.48. The molecule has 0 spiro atoms. The highest BCUT2D eigenvalue weighted by atomic mass is 16.6. The number of nitro benzene ring substituents is 1. The minimum Gasteiger partial charge on any atom is -0.481 e. The van der Waals surface area contributed by atoms with Crippen molar-refractivity contribution in [1.82, 2.24) is 0 Å². The Labute approximate surface area is 105 Å². The standard InChI is InChI=1S/C12H16N2O4/c1-8-4-10(6-11(5-8)14(17)18)13(3)7-9(2)12(15)16/h4-6,9H,7H2,1-3H3,(H,15,16). The number of benzene rings is 1. The topological polar surface area (TPSA) is 83.7 Å². The number of anilines is 1. The Morgan fingerprint density at radius 1 is 1.50 bits per heavy atom. The first-order valence-corrected chi connectivity index (χ1v) is 5.51. The number of carbonyl (C=O) groups is 1. The van der Waals surface area contributed by atoms with E-state index in [2.05, 4.69) is 0 Å². The van der Waals surface area contributed by atoms with Gasteiger partial charge in [-0.25, -0.2) is 0 Å². The Balaban J connectivity index is 2.95. The van der Waals surface area contributed by atoms with Gasteiger partial charge in [0.15, 0.2) is 0 Å². The lowest BCUT2D eigenvalue weighted by atomic mass is 10.1. The molecule has 6 nitrogen and oxygen atoms in total. The Morgan fingerprint density at radius 3 is 2.61 bits per heavy atom. The van der Waals surface area contributed by atoms with E-state index in [9.17, 15) is 14.9 Å². The van der Waals surface area contributed by atoms with E-state index in [0.29, 0.717) is 12.2 Å². The number of nitro groups is 1. The van der Waals surface area contributed by atoms with E-state index in [-0.39, 0.29) is 5.69 Å². The molecule has 1 aromatic rings. The molecule has 0 heterocycles. The van der Waals surface area contributed by atoms with Gasteiger partial charge in [0, 0.05) is 31.4 Å². The first kappa shape index (κ1) is 14.0. The summed E-state index contributed by atoms with van der Waals surface area (Å²) in [6.07, 6.45) is 0. The number of hydrogen-bond acceptors (Lipinski definition) is 4. The molecule has 0 aliphatic rings. The third kappa shape index (κ3) is 3.44. The maximum Gasteiger partial charge on any atom is 0.308 e. The predicted molar refractivity (Wildman–Crippen MR) is 67.9 cm³/mol. The molecule has 1 rings (SSSR count). The lowest BCUT2D eigenvalue weighted by Crippen LogP contribution is -2.28. The normalized spacial score (nSPS) is 11.9. The van der Waals surface area contributed by atoms with E-state index in [4.69, 9.17) is 5.11 Å². The Kier molecular flexibility index (Phi) is 4.25. The van der Waals surface area contributed by atoms with Gasteiger partial charge in [0.2, 0.25) is 0 Å². The summed E-state index contributed by atoms with van der Waals surface area (Å²) < 4.78 is 0. The zero-order valence-corrected chi connectivity index (χ0v) is 10.6. The van der Waals surface area contributed by atoms with Crippen molar-refractivity contribution in [2.45, 2.75) is 13.8 Å². The van der Waals surface area contributed by atoms with Crippen molar-refractivity contribution < 1.29 is 14.8 Å². The fourth-order valence-corrected chi connectivity index (χ4v) is 1.66.